The highest BCUT2D eigenvalue weighted by molar-refractivity contribution is 14.0. The molecule has 2 aromatic carbocycles. The highest BCUT2D eigenvalue weighted by Crippen LogP contribution is 2.22. The molecule has 3 N–H and O–H groups in total. The fraction of sp³-hybridized carbons (Fsp3) is 0.350. The molecule has 0 aliphatic heterocycles. The van der Waals surface area contributed by atoms with E-state index in [1.165, 1.54) is 5.56 Å². The van der Waals surface area contributed by atoms with Crippen molar-refractivity contribution < 1.29 is 4.74 Å². The van der Waals surface area contributed by atoms with Gasteiger partial charge >= 0.3 is 0 Å². The van der Waals surface area contributed by atoms with Gasteiger partial charge in [0, 0.05) is 6.54 Å². The molecular formula is C20H29IN4O. The zero-order valence-electron chi connectivity index (χ0n) is 15.7. The van der Waals surface area contributed by atoms with Crippen molar-refractivity contribution in [1.29, 1.82) is 0 Å². The molecule has 0 saturated heterocycles. The minimum atomic E-state index is 0. The number of halogens is 1. The van der Waals surface area contributed by atoms with Crippen LogP contribution in [0.25, 0.3) is 0 Å². The predicted molar refractivity (Wildman–Crippen MR) is 119 cm³/mol. The summed E-state index contributed by atoms with van der Waals surface area (Å²) in [6.45, 7) is 1.36. The third-order valence-electron chi connectivity index (χ3n) is 4.10. The molecule has 142 valence electrons. The normalized spacial score (nSPS) is 12.4. The van der Waals surface area contributed by atoms with E-state index in [9.17, 15) is 0 Å². The van der Waals surface area contributed by atoms with E-state index in [1.807, 2.05) is 50.5 Å². The molecule has 0 spiro atoms. The maximum atomic E-state index is 6.02. The highest BCUT2D eigenvalue weighted by Gasteiger charge is 2.14. The number of nitrogens with two attached hydrogens (primary N) is 1. The lowest BCUT2D eigenvalue weighted by Crippen LogP contribution is -2.34. The number of hydrogen-bond acceptors (Lipinski definition) is 3. The molecule has 1 unspecified atom stereocenters. The average molecular weight is 468 g/mol. The summed E-state index contributed by atoms with van der Waals surface area (Å²) >= 11 is 0. The van der Waals surface area contributed by atoms with Gasteiger partial charge in [0.25, 0.3) is 0 Å². The number of guanidine groups is 1. The molecule has 2 aromatic rings. The summed E-state index contributed by atoms with van der Waals surface area (Å²) < 4.78 is 5.31. The molecule has 0 heterocycles. The van der Waals surface area contributed by atoms with E-state index >= 15 is 0 Å². The number of aliphatic imine (C=N–C) groups is 1. The van der Waals surface area contributed by atoms with Gasteiger partial charge in [0.15, 0.2) is 5.96 Å². The number of nitrogens with zero attached hydrogens (tertiary/aromatic N) is 2. The Kier molecular flexibility index (Phi) is 10.0. The summed E-state index contributed by atoms with van der Waals surface area (Å²) in [6.07, 6.45) is 0.921. The zero-order chi connectivity index (χ0) is 18.1. The number of hydrogen-bond donors (Lipinski definition) is 2. The number of benzene rings is 2. The van der Waals surface area contributed by atoms with Gasteiger partial charge in [-0.1, -0.05) is 42.5 Å². The molecule has 0 radical (unpaired) electrons. The van der Waals surface area contributed by atoms with Crippen molar-refractivity contribution in [2.75, 3.05) is 34.3 Å². The van der Waals surface area contributed by atoms with Gasteiger partial charge in [0.1, 0.15) is 5.75 Å². The second kappa shape index (κ2) is 11.7. The van der Waals surface area contributed by atoms with E-state index in [0.29, 0.717) is 12.5 Å². The SMILES string of the molecule is COc1cccc(C(CN=C(N)NCCc2ccccc2)N(C)C)c1.I. The van der Waals surface area contributed by atoms with Gasteiger partial charge in [-0.15, -0.1) is 24.0 Å². The lowest BCUT2D eigenvalue weighted by atomic mass is 10.1. The second-order valence-corrected chi connectivity index (χ2v) is 6.14. The van der Waals surface area contributed by atoms with Gasteiger partial charge in [-0.2, -0.15) is 0 Å². The van der Waals surface area contributed by atoms with Gasteiger partial charge in [-0.3, -0.25) is 4.99 Å². The molecule has 26 heavy (non-hydrogen) atoms. The van der Waals surface area contributed by atoms with Crippen molar-refractivity contribution in [3.63, 3.8) is 0 Å². The Bertz CT molecular complexity index is 677. The Morgan fingerprint density at radius 3 is 2.54 bits per heavy atom. The molecular weight excluding hydrogens is 439 g/mol. The largest absolute Gasteiger partial charge is 0.497 e. The maximum Gasteiger partial charge on any atom is 0.188 e. The van der Waals surface area contributed by atoms with E-state index in [-0.39, 0.29) is 30.0 Å². The molecule has 0 saturated carbocycles. The first-order valence-electron chi connectivity index (χ1n) is 8.48. The summed E-state index contributed by atoms with van der Waals surface area (Å²) in [4.78, 5) is 6.64. The van der Waals surface area contributed by atoms with Gasteiger partial charge in [-0.05, 0) is 43.8 Å². The van der Waals surface area contributed by atoms with Crippen molar-refractivity contribution in [2.24, 2.45) is 10.7 Å². The Labute approximate surface area is 173 Å². The molecule has 0 bridgehead atoms. The zero-order valence-corrected chi connectivity index (χ0v) is 18.0. The molecule has 0 aromatic heterocycles. The third-order valence-corrected chi connectivity index (χ3v) is 4.10. The maximum absolute atomic E-state index is 6.02. The van der Waals surface area contributed by atoms with Crippen LogP contribution in [0.5, 0.6) is 5.75 Å². The summed E-state index contributed by atoms with van der Waals surface area (Å²) in [7, 11) is 5.76. The lowest BCUT2D eigenvalue weighted by Gasteiger charge is -2.23. The number of ether oxygens (including phenoxy) is 1. The van der Waals surface area contributed by atoms with Crippen LogP contribution in [0.2, 0.25) is 0 Å². The molecule has 5 nitrogen and oxygen atoms in total. The molecule has 0 fully saturated rings. The quantitative estimate of drug-likeness (QED) is 0.355. The van der Waals surface area contributed by atoms with E-state index in [0.717, 1.165) is 24.3 Å². The fourth-order valence-corrected chi connectivity index (χ4v) is 2.64. The van der Waals surface area contributed by atoms with Crippen molar-refractivity contribution in [2.45, 2.75) is 12.5 Å². The predicted octanol–water partition coefficient (Wildman–Crippen LogP) is 3.06. The smallest absolute Gasteiger partial charge is 0.188 e. The van der Waals surface area contributed by atoms with Crippen molar-refractivity contribution in [3.8, 4) is 5.75 Å². The first kappa shape index (κ1) is 22.2. The molecule has 1 atom stereocenters. The first-order valence-corrected chi connectivity index (χ1v) is 8.48. The van der Waals surface area contributed by atoms with Gasteiger partial charge in [-0.25, -0.2) is 0 Å². The van der Waals surface area contributed by atoms with Gasteiger partial charge in [0.05, 0.1) is 19.7 Å². The average Bonchev–Trinajstić information content (AvgIpc) is 2.62. The van der Waals surface area contributed by atoms with Crippen LogP contribution >= 0.6 is 24.0 Å². The first-order chi connectivity index (χ1) is 12.1. The summed E-state index contributed by atoms with van der Waals surface area (Å²) in [6, 6.07) is 18.5. The van der Waals surface area contributed by atoms with Crippen LogP contribution in [-0.2, 0) is 6.42 Å². The summed E-state index contributed by atoms with van der Waals surface area (Å²) in [5, 5.41) is 3.18. The van der Waals surface area contributed by atoms with E-state index in [1.54, 1.807) is 7.11 Å². The Morgan fingerprint density at radius 1 is 1.15 bits per heavy atom. The molecule has 6 heteroatoms. The second-order valence-electron chi connectivity index (χ2n) is 6.14. The van der Waals surface area contributed by atoms with E-state index in [4.69, 9.17) is 10.5 Å². The van der Waals surface area contributed by atoms with Crippen LogP contribution in [0.15, 0.2) is 59.6 Å². The Morgan fingerprint density at radius 2 is 1.88 bits per heavy atom. The number of nitrogens with one attached hydrogen (secondary N) is 1. The van der Waals surface area contributed by atoms with Crippen molar-refractivity contribution >= 4 is 29.9 Å². The third kappa shape index (κ3) is 7.21. The van der Waals surface area contributed by atoms with Crippen LogP contribution in [0.4, 0.5) is 0 Å². The number of rotatable bonds is 8. The molecule has 2 rings (SSSR count). The topological polar surface area (TPSA) is 62.9 Å². The molecule has 0 aliphatic carbocycles. The van der Waals surface area contributed by atoms with Gasteiger partial charge in [0.2, 0.25) is 0 Å². The van der Waals surface area contributed by atoms with Crippen LogP contribution < -0.4 is 15.8 Å². The van der Waals surface area contributed by atoms with Crippen molar-refractivity contribution in [1.82, 2.24) is 10.2 Å². The highest BCUT2D eigenvalue weighted by atomic mass is 127. The Hall–Kier alpha value is -1.80. The van der Waals surface area contributed by atoms with Gasteiger partial charge < -0.3 is 20.7 Å². The van der Waals surface area contributed by atoms with Crippen LogP contribution in [-0.4, -0.2) is 45.2 Å². The number of likely N-dealkylation sites (N-methyl/N-ethyl adjacent to an activating group) is 1. The standard InChI is InChI=1S/C20H28N4O.HI/c1-24(2)19(17-10-7-11-18(14-17)25-3)15-23-20(21)22-13-12-16-8-5-4-6-9-16;/h4-11,14,19H,12-13,15H2,1-3H3,(H3,21,22,23);1H. The number of methoxy groups -OCH3 is 1. The summed E-state index contributed by atoms with van der Waals surface area (Å²) in [5.74, 6) is 1.33. The Balaban J connectivity index is 0.00000338. The molecule has 0 aliphatic rings. The fourth-order valence-electron chi connectivity index (χ4n) is 2.64. The van der Waals surface area contributed by atoms with E-state index in [2.05, 4.69) is 33.4 Å². The monoisotopic (exact) mass is 468 g/mol. The van der Waals surface area contributed by atoms with Crippen LogP contribution in [0.3, 0.4) is 0 Å². The molecule has 0 amide bonds. The van der Waals surface area contributed by atoms with Crippen LogP contribution in [0, 0.1) is 0 Å². The lowest BCUT2D eigenvalue weighted by molar-refractivity contribution is 0.305. The van der Waals surface area contributed by atoms with Crippen molar-refractivity contribution in [3.05, 3.63) is 65.7 Å². The minimum absolute atomic E-state index is 0. The summed E-state index contributed by atoms with van der Waals surface area (Å²) in [5.41, 5.74) is 8.46. The van der Waals surface area contributed by atoms with E-state index < -0.39 is 0 Å². The minimum Gasteiger partial charge on any atom is -0.497 e. The van der Waals surface area contributed by atoms with Crippen LogP contribution in [0.1, 0.15) is 17.2 Å².